The zero-order valence-corrected chi connectivity index (χ0v) is 16.8. The summed E-state index contributed by atoms with van der Waals surface area (Å²) in [6.07, 6.45) is -1.25. The first-order chi connectivity index (χ1) is 13.1. The van der Waals surface area contributed by atoms with Crippen molar-refractivity contribution >= 4 is 34.9 Å². The number of rotatable bonds is 9. The molecule has 1 amide bonds. The van der Waals surface area contributed by atoms with E-state index in [4.69, 9.17) is 14.6 Å². The zero-order chi connectivity index (χ0) is 20.7. The molecule has 0 saturated carbocycles. The van der Waals surface area contributed by atoms with Gasteiger partial charge in [-0.05, 0) is 39.3 Å². The van der Waals surface area contributed by atoms with Crippen LogP contribution in [0.1, 0.15) is 27.2 Å². The molecule has 28 heavy (non-hydrogen) atoms. The van der Waals surface area contributed by atoms with Gasteiger partial charge in [-0.3, -0.25) is 0 Å². The Labute approximate surface area is 166 Å². The topological polar surface area (TPSA) is 134 Å². The van der Waals surface area contributed by atoms with Crippen LogP contribution >= 0.6 is 11.8 Å². The number of hydrogen-bond donors (Lipinski definition) is 4. The molecule has 0 saturated heterocycles. The lowest BCUT2D eigenvalue weighted by Gasteiger charge is -2.19. The Bertz CT molecular complexity index is 817. The highest BCUT2D eigenvalue weighted by Gasteiger charge is 2.16. The predicted molar refractivity (Wildman–Crippen MR) is 105 cm³/mol. The molecule has 1 aromatic carbocycles. The summed E-state index contributed by atoms with van der Waals surface area (Å²) in [4.78, 5) is 29.8. The van der Waals surface area contributed by atoms with Crippen molar-refractivity contribution in [2.45, 2.75) is 44.1 Å². The van der Waals surface area contributed by atoms with Crippen molar-refractivity contribution in [3.05, 3.63) is 18.2 Å². The second-order valence-corrected chi connectivity index (χ2v) is 8.10. The van der Waals surface area contributed by atoms with Gasteiger partial charge < -0.3 is 30.0 Å². The maximum Gasteiger partial charge on any atom is 0.407 e. The molecule has 1 aromatic heterocycles. The van der Waals surface area contributed by atoms with Crippen LogP contribution in [-0.2, 0) is 9.53 Å². The molecule has 4 N–H and O–H groups in total. The lowest BCUT2D eigenvalue weighted by molar-refractivity contribution is -0.148. The number of nitrogens with one attached hydrogen (secondary N) is 2. The number of aliphatic carboxylic acids is 1. The van der Waals surface area contributed by atoms with Crippen molar-refractivity contribution in [2.24, 2.45) is 0 Å². The number of alkyl carbamates (subject to hydrolysis) is 1. The van der Waals surface area contributed by atoms with Crippen LogP contribution in [0.4, 0.5) is 4.79 Å². The Balaban J connectivity index is 1.78. The van der Waals surface area contributed by atoms with Crippen LogP contribution in [0.25, 0.3) is 11.0 Å². The van der Waals surface area contributed by atoms with E-state index in [1.54, 1.807) is 18.2 Å². The highest BCUT2D eigenvalue weighted by atomic mass is 32.2. The van der Waals surface area contributed by atoms with E-state index in [1.165, 1.54) is 11.8 Å². The molecule has 1 unspecified atom stereocenters. The molecule has 10 heteroatoms. The van der Waals surface area contributed by atoms with E-state index in [9.17, 15) is 14.7 Å². The van der Waals surface area contributed by atoms with E-state index in [0.29, 0.717) is 17.8 Å². The summed E-state index contributed by atoms with van der Waals surface area (Å²) in [5.41, 5.74) is 0.985. The minimum atomic E-state index is -1.57. The third-order valence-corrected chi connectivity index (χ3v) is 4.31. The van der Waals surface area contributed by atoms with Gasteiger partial charge in [-0.15, -0.1) is 0 Å². The van der Waals surface area contributed by atoms with Crippen LogP contribution < -0.4 is 10.1 Å². The molecule has 9 nitrogen and oxygen atoms in total. The molecule has 0 fully saturated rings. The average Bonchev–Trinajstić information content (AvgIpc) is 2.99. The summed E-state index contributed by atoms with van der Waals surface area (Å²) in [5.74, 6) is -0.151. The second-order valence-electron chi connectivity index (χ2n) is 7.02. The normalized spacial score (nSPS) is 12.6. The fourth-order valence-electron chi connectivity index (χ4n) is 2.11. The van der Waals surface area contributed by atoms with E-state index in [-0.39, 0.29) is 6.61 Å². The lowest BCUT2D eigenvalue weighted by atomic mass is 10.2. The Kier molecular flexibility index (Phi) is 7.53. The minimum Gasteiger partial charge on any atom is -0.490 e. The summed E-state index contributed by atoms with van der Waals surface area (Å²) in [7, 11) is 0. The van der Waals surface area contributed by atoms with Gasteiger partial charge in [0.15, 0.2) is 11.3 Å². The van der Waals surface area contributed by atoms with Crippen molar-refractivity contribution in [1.82, 2.24) is 15.3 Å². The molecular formula is C18H25N3O6S. The van der Waals surface area contributed by atoms with Crippen LogP contribution in [0.15, 0.2) is 23.4 Å². The van der Waals surface area contributed by atoms with Gasteiger partial charge in [-0.2, -0.15) is 0 Å². The van der Waals surface area contributed by atoms with Crippen molar-refractivity contribution in [3.8, 4) is 5.75 Å². The van der Waals surface area contributed by atoms with Gasteiger partial charge >= 0.3 is 12.1 Å². The number of ether oxygens (including phenoxy) is 2. The molecular weight excluding hydrogens is 386 g/mol. The number of fused-ring (bicyclic) bond motifs is 1. The molecule has 0 radical (unpaired) electrons. The number of amides is 1. The van der Waals surface area contributed by atoms with Gasteiger partial charge in [0.1, 0.15) is 18.0 Å². The summed E-state index contributed by atoms with van der Waals surface area (Å²) in [6, 6.07) is 5.13. The van der Waals surface area contributed by atoms with Crippen LogP contribution in [0, 0.1) is 0 Å². The average molecular weight is 411 g/mol. The summed E-state index contributed by atoms with van der Waals surface area (Å²) in [5, 5.41) is 21.3. The number of carboxylic acids is 1. The van der Waals surface area contributed by atoms with Gasteiger partial charge in [0, 0.05) is 18.4 Å². The van der Waals surface area contributed by atoms with Crippen molar-refractivity contribution in [3.63, 3.8) is 0 Å². The number of imidazole rings is 1. The number of nitrogens with zero attached hydrogens (tertiary/aromatic N) is 1. The number of H-pyrrole nitrogens is 1. The number of carbonyl (C=O) groups is 2. The molecule has 0 aliphatic carbocycles. The zero-order valence-electron chi connectivity index (χ0n) is 16.0. The molecule has 0 aliphatic rings. The SMILES string of the molecule is CC(C)(C)OC(=O)NCCCSc1nc2cc(OCC(O)C(=O)O)ccc2[nH]1. The Hall–Kier alpha value is -2.46. The molecule has 1 atom stereocenters. The summed E-state index contributed by atoms with van der Waals surface area (Å²) < 4.78 is 10.4. The predicted octanol–water partition coefficient (Wildman–Crippen LogP) is 2.39. The smallest absolute Gasteiger partial charge is 0.407 e. The largest absolute Gasteiger partial charge is 0.490 e. The van der Waals surface area contributed by atoms with Crippen molar-refractivity contribution in [2.75, 3.05) is 18.9 Å². The summed E-state index contributed by atoms with van der Waals surface area (Å²) >= 11 is 1.52. The van der Waals surface area contributed by atoms with Crippen LogP contribution in [-0.4, -0.2) is 62.9 Å². The van der Waals surface area contributed by atoms with Crippen LogP contribution in [0.5, 0.6) is 5.75 Å². The third-order valence-electron chi connectivity index (χ3n) is 3.35. The molecule has 2 aromatic rings. The number of benzene rings is 1. The number of thioether (sulfide) groups is 1. The quantitative estimate of drug-likeness (QED) is 0.365. The molecule has 0 bridgehead atoms. The van der Waals surface area contributed by atoms with Crippen LogP contribution in [0.2, 0.25) is 0 Å². The first-order valence-electron chi connectivity index (χ1n) is 8.77. The van der Waals surface area contributed by atoms with Gasteiger partial charge in [0.2, 0.25) is 0 Å². The molecule has 1 heterocycles. The number of aromatic amines is 1. The fraction of sp³-hybridized carbons (Fsp3) is 0.500. The molecule has 0 aliphatic heterocycles. The van der Waals surface area contributed by atoms with Gasteiger partial charge in [0.05, 0.1) is 11.0 Å². The number of aliphatic hydroxyl groups excluding tert-OH is 1. The Morgan fingerprint density at radius 1 is 1.36 bits per heavy atom. The van der Waals surface area contributed by atoms with Gasteiger partial charge in [0.25, 0.3) is 0 Å². The highest BCUT2D eigenvalue weighted by molar-refractivity contribution is 7.99. The first-order valence-corrected chi connectivity index (χ1v) is 9.76. The van der Waals surface area contributed by atoms with E-state index in [2.05, 4.69) is 15.3 Å². The van der Waals surface area contributed by atoms with Gasteiger partial charge in [-0.25, -0.2) is 14.6 Å². The maximum atomic E-state index is 11.6. The lowest BCUT2D eigenvalue weighted by Crippen LogP contribution is -2.33. The standard InChI is InChI=1S/C18H25N3O6S/c1-18(2,3)27-17(25)19-7-4-8-28-16-20-12-6-5-11(9-13(12)21-16)26-10-14(22)15(23)24/h5-6,9,14,22H,4,7-8,10H2,1-3H3,(H,19,25)(H,20,21)(H,23,24). The maximum absolute atomic E-state index is 11.6. The fourth-order valence-corrected chi connectivity index (χ4v) is 2.94. The third kappa shape index (κ3) is 7.28. The molecule has 154 valence electrons. The summed E-state index contributed by atoms with van der Waals surface area (Å²) in [6.45, 7) is 5.61. The number of aromatic nitrogens is 2. The molecule has 0 spiro atoms. The monoisotopic (exact) mass is 411 g/mol. The number of hydrogen-bond acceptors (Lipinski definition) is 7. The first kappa shape index (κ1) is 21.8. The number of carboxylic acid groups (broad SMARTS) is 1. The molecule has 2 rings (SSSR count). The Morgan fingerprint density at radius 3 is 2.79 bits per heavy atom. The number of carbonyl (C=O) groups excluding carboxylic acids is 1. The number of aliphatic hydroxyl groups is 1. The van der Waals surface area contributed by atoms with E-state index in [1.807, 2.05) is 20.8 Å². The van der Waals surface area contributed by atoms with Crippen molar-refractivity contribution < 1.29 is 29.3 Å². The van der Waals surface area contributed by atoms with E-state index in [0.717, 1.165) is 22.8 Å². The van der Waals surface area contributed by atoms with E-state index >= 15 is 0 Å². The van der Waals surface area contributed by atoms with E-state index < -0.39 is 23.8 Å². The highest BCUT2D eigenvalue weighted by Crippen LogP contribution is 2.23. The second kappa shape index (κ2) is 9.65. The van der Waals surface area contributed by atoms with Crippen molar-refractivity contribution in [1.29, 1.82) is 0 Å². The Morgan fingerprint density at radius 2 is 2.11 bits per heavy atom. The minimum absolute atomic E-state index is 0.336. The van der Waals surface area contributed by atoms with Gasteiger partial charge in [-0.1, -0.05) is 11.8 Å². The van der Waals surface area contributed by atoms with Crippen LogP contribution in [0.3, 0.4) is 0 Å².